The summed E-state index contributed by atoms with van der Waals surface area (Å²) in [6.07, 6.45) is 4.70. The number of amides is 4. The Kier molecular flexibility index (Phi) is 8.88. The van der Waals surface area contributed by atoms with Gasteiger partial charge in [0.05, 0.1) is 12.5 Å². The van der Waals surface area contributed by atoms with Crippen LogP contribution in [-0.4, -0.2) is 58.4 Å². The third kappa shape index (κ3) is 6.93. The summed E-state index contributed by atoms with van der Waals surface area (Å²) in [5, 5.41) is 12.4. The number of nitrogens with one attached hydrogen (secondary N) is 1. The number of nitrogens with zero attached hydrogens (tertiary/aromatic N) is 2. The molecular weight excluding hydrogens is 350 g/mol. The van der Waals surface area contributed by atoms with Crippen LogP contribution in [0.1, 0.15) is 66.2 Å². The smallest absolute Gasteiger partial charge is 0.249 e. The number of carbonyl (C=O) groups is 4. The van der Waals surface area contributed by atoms with E-state index in [1.54, 1.807) is 20.8 Å². The van der Waals surface area contributed by atoms with Crippen molar-refractivity contribution < 1.29 is 24.4 Å². The Morgan fingerprint density at radius 1 is 1.30 bits per heavy atom. The van der Waals surface area contributed by atoms with Gasteiger partial charge in [0.2, 0.25) is 24.1 Å². The summed E-state index contributed by atoms with van der Waals surface area (Å²) in [4.78, 5) is 49.9. The van der Waals surface area contributed by atoms with Gasteiger partial charge in [0, 0.05) is 12.0 Å². The van der Waals surface area contributed by atoms with E-state index in [1.165, 1.54) is 4.90 Å². The summed E-state index contributed by atoms with van der Waals surface area (Å²) in [7, 11) is 0. The fourth-order valence-electron chi connectivity index (χ4n) is 3.12. The van der Waals surface area contributed by atoms with Crippen molar-refractivity contribution >= 4 is 24.1 Å². The van der Waals surface area contributed by atoms with Crippen LogP contribution < -0.4 is 5.32 Å². The predicted molar refractivity (Wildman–Crippen MR) is 99.5 cm³/mol. The van der Waals surface area contributed by atoms with E-state index in [4.69, 9.17) is 0 Å². The Labute approximate surface area is 161 Å². The lowest BCUT2D eigenvalue weighted by atomic mass is 9.95. The molecule has 4 amide bonds. The number of carbonyl (C=O) groups excluding carboxylic acids is 4. The highest BCUT2D eigenvalue weighted by Crippen LogP contribution is 2.23. The number of rotatable bonds is 9. The topological polar surface area (TPSA) is 107 Å². The quantitative estimate of drug-likeness (QED) is 0.273. The molecule has 0 spiro atoms. The van der Waals surface area contributed by atoms with Gasteiger partial charge in [0.1, 0.15) is 6.04 Å². The zero-order valence-corrected chi connectivity index (χ0v) is 16.9. The maximum atomic E-state index is 13.0. The molecule has 1 aliphatic heterocycles. The summed E-state index contributed by atoms with van der Waals surface area (Å²) in [5.74, 6) is -1.68. The first-order valence-corrected chi connectivity index (χ1v) is 9.68. The van der Waals surface area contributed by atoms with Crippen molar-refractivity contribution in [3.05, 3.63) is 0 Å². The van der Waals surface area contributed by atoms with Crippen LogP contribution in [0.3, 0.4) is 0 Å². The van der Waals surface area contributed by atoms with Crippen LogP contribution in [0.2, 0.25) is 0 Å². The molecule has 8 nitrogen and oxygen atoms in total. The van der Waals surface area contributed by atoms with E-state index in [-0.39, 0.29) is 24.8 Å². The number of unbranched alkanes of at least 4 members (excludes halogenated alkanes) is 2. The van der Waals surface area contributed by atoms with Crippen molar-refractivity contribution in [1.29, 1.82) is 0 Å². The molecule has 154 valence electrons. The lowest BCUT2D eigenvalue weighted by Crippen LogP contribution is -2.52. The number of likely N-dealkylation sites (tertiary alicyclic amines) is 1. The fourth-order valence-corrected chi connectivity index (χ4v) is 3.12. The number of hydrogen-bond donors (Lipinski definition) is 2. The average Bonchev–Trinajstić information content (AvgIpc) is 3.09. The maximum absolute atomic E-state index is 13.0. The third-order valence-corrected chi connectivity index (χ3v) is 4.79. The Balaban J connectivity index is 2.84. The molecule has 27 heavy (non-hydrogen) atoms. The Bertz CT molecular complexity index is 544. The minimum absolute atomic E-state index is 0.0994. The van der Waals surface area contributed by atoms with Gasteiger partial charge in [-0.2, -0.15) is 0 Å². The normalized spacial score (nSPS) is 18.1. The molecule has 1 aliphatic rings. The van der Waals surface area contributed by atoms with Crippen LogP contribution in [0.4, 0.5) is 0 Å². The Morgan fingerprint density at radius 3 is 2.52 bits per heavy atom. The fraction of sp³-hybridized carbons (Fsp3) is 0.789. The molecule has 8 heteroatoms. The van der Waals surface area contributed by atoms with E-state index in [9.17, 15) is 24.4 Å². The van der Waals surface area contributed by atoms with E-state index in [0.717, 1.165) is 19.3 Å². The molecule has 1 saturated heterocycles. The zero-order chi connectivity index (χ0) is 20.6. The van der Waals surface area contributed by atoms with Crippen LogP contribution in [0, 0.1) is 11.3 Å². The molecule has 1 heterocycles. The highest BCUT2D eigenvalue weighted by molar-refractivity contribution is 6.01. The number of hydroxylamine groups is 2. The molecule has 1 rings (SSSR count). The highest BCUT2D eigenvalue weighted by atomic mass is 16.5. The van der Waals surface area contributed by atoms with E-state index in [1.807, 2.05) is 6.92 Å². The molecule has 0 aliphatic carbocycles. The molecule has 0 aromatic heterocycles. The first-order valence-electron chi connectivity index (χ1n) is 9.68. The van der Waals surface area contributed by atoms with Crippen LogP contribution in [0.15, 0.2) is 0 Å². The summed E-state index contributed by atoms with van der Waals surface area (Å²) < 4.78 is 0. The molecule has 0 saturated carbocycles. The van der Waals surface area contributed by atoms with Gasteiger partial charge in [0.15, 0.2) is 0 Å². The number of imide groups is 1. The Hall–Kier alpha value is -1.96. The SMILES string of the molecule is CCCCCC(CN(O)C=O)C(=O)N1CCC[C@H]1C(=O)NC(=O)C(C)(C)C. The van der Waals surface area contributed by atoms with Gasteiger partial charge in [-0.1, -0.05) is 47.0 Å². The average molecular weight is 383 g/mol. The molecule has 0 radical (unpaired) electrons. The molecule has 0 bridgehead atoms. The molecule has 1 unspecified atom stereocenters. The van der Waals surface area contributed by atoms with Gasteiger partial charge in [-0.3, -0.25) is 29.7 Å². The monoisotopic (exact) mass is 383 g/mol. The van der Waals surface area contributed by atoms with Crippen molar-refractivity contribution in [2.75, 3.05) is 13.1 Å². The highest BCUT2D eigenvalue weighted by Gasteiger charge is 2.38. The molecule has 2 atom stereocenters. The second-order valence-electron chi connectivity index (χ2n) is 8.18. The van der Waals surface area contributed by atoms with Crippen molar-refractivity contribution in [1.82, 2.24) is 15.3 Å². The minimum Gasteiger partial charge on any atom is -0.330 e. The first-order chi connectivity index (χ1) is 12.6. The zero-order valence-electron chi connectivity index (χ0n) is 16.9. The summed E-state index contributed by atoms with van der Waals surface area (Å²) in [6.45, 7) is 7.52. The van der Waals surface area contributed by atoms with Gasteiger partial charge < -0.3 is 4.90 Å². The van der Waals surface area contributed by atoms with E-state index in [2.05, 4.69) is 5.32 Å². The predicted octanol–water partition coefficient (Wildman–Crippen LogP) is 1.71. The summed E-state index contributed by atoms with van der Waals surface area (Å²) in [5.41, 5.74) is -0.701. The Morgan fingerprint density at radius 2 is 1.96 bits per heavy atom. The van der Waals surface area contributed by atoms with Gasteiger partial charge in [-0.15, -0.1) is 0 Å². The van der Waals surface area contributed by atoms with Gasteiger partial charge in [-0.25, -0.2) is 5.06 Å². The molecule has 0 aromatic carbocycles. The van der Waals surface area contributed by atoms with Crippen molar-refractivity contribution in [2.24, 2.45) is 11.3 Å². The van der Waals surface area contributed by atoms with E-state index < -0.39 is 23.3 Å². The van der Waals surface area contributed by atoms with E-state index >= 15 is 0 Å². The van der Waals surface area contributed by atoms with Crippen LogP contribution in [-0.2, 0) is 19.2 Å². The third-order valence-electron chi connectivity index (χ3n) is 4.79. The number of hydrogen-bond acceptors (Lipinski definition) is 5. The standard InChI is InChI=1S/C19H33N3O5/c1-5-6-7-9-14(12-21(27)13-23)17(25)22-11-8-10-15(22)16(24)20-18(26)19(2,3)4/h13-15,27H,5-12H2,1-4H3,(H,20,24,26)/t14?,15-/m0/s1. The molecule has 1 fully saturated rings. The van der Waals surface area contributed by atoms with Crippen LogP contribution in [0.25, 0.3) is 0 Å². The van der Waals surface area contributed by atoms with Crippen molar-refractivity contribution in [3.63, 3.8) is 0 Å². The van der Waals surface area contributed by atoms with Crippen molar-refractivity contribution in [3.8, 4) is 0 Å². The van der Waals surface area contributed by atoms with Crippen LogP contribution in [0.5, 0.6) is 0 Å². The van der Waals surface area contributed by atoms with Crippen molar-refractivity contribution in [2.45, 2.75) is 72.3 Å². The molecular formula is C19H33N3O5. The largest absolute Gasteiger partial charge is 0.330 e. The lowest BCUT2D eigenvalue weighted by molar-refractivity contribution is -0.158. The second-order valence-corrected chi connectivity index (χ2v) is 8.18. The lowest BCUT2D eigenvalue weighted by Gasteiger charge is -2.29. The van der Waals surface area contributed by atoms with Gasteiger partial charge in [0.25, 0.3) is 0 Å². The van der Waals surface area contributed by atoms with Gasteiger partial charge >= 0.3 is 0 Å². The maximum Gasteiger partial charge on any atom is 0.249 e. The summed E-state index contributed by atoms with van der Waals surface area (Å²) in [6, 6.07) is -0.694. The van der Waals surface area contributed by atoms with Crippen LogP contribution >= 0.6 is 0 Å². The minimum atomic E-state index is -0.701. The molecule has 0 aromatic rings. The first kappa shape index (κ1) is 23.1. The molecule has 2 N–H and O–H groups in total. The van der Waals surface area contributed by atoms with Gasteiger partial charge in [-0.05, 0) is 19.3 Å². The summed E-state index contributed by atoms with van der Waals surface area (Å²) >= 11 is 0. The van der Waals surface area contributed by atoms with E-state index in [0.29, 0.717) is 30.9 Å². The second kappa shape index (κ2) is 10.4.